The highest BCUT2D eigenvalue weighted by atomic mass is 32.2. The molecule has 0 aliphatic carbocycles. The van der Waals surface area contributed by atoms with Crippen LogP contribution in [0.4, 0.5) is 0 Å². The van der Waals surface area contributed by atoms with Crippen LogP contribution in [-0.4, -0.2) is 111 Å². The summed E-state index contributed by atoms with van der Waals surface area (Å²) in [5.41, 5.74) is -0.706. The highest BCUT2D eigenvalue weighted by molar-refractivity contribution is 7.99. The van der Waals surface area contributed by atoms with Crippen LogP contribution in [0.1, 0.15) is 143 Å². The number of amides is 3. The SMILES string of the molecule is CCCCCCCCSCCCCCCCC(=O)NC(CCC(=O)NCCCOCCOCCOCCCNC(=O)CCC(=O)O)C(=O)OC(C)(C)C. The maximum absolute atomic E-state index is 12.8. The summed E-state index contributed by atoms with van der Waals surface area (Å²) in [4.78, 5) is 59.9. The Hall–Kier alpha value is -2.42. The van der Waals surface area contributed by atoms with Gasteiger partial charge in [-0.15, -0.1) is 0 Å². The zero-order valence-electron chi connectivity index (χ0n) is 33.4. The van der Waals surface area contributed by atoms with Gasteiger partial charge in [0.1, 0.15) is 11.6 Å². The minimum Gasteiger partial charge on any atom is -0.481 e. The van der Waals surface area contributed by atoms with Gasteiger partial charge in [-0.2, -0.15) is 11.8 Å². The zero-order valence-corrected chi connectivity index (χ0v) is 34.2. The molecule has 4 N–H and O–H groups in total. The van der Waals surface area contributed by atoms with Crippen molar-refractivity contribution in [1.29, 1.82) is 0 Å². The molecule has 0 aromatic carbocycles. The number of unbranched alkanes of at least 4 members (excludes halogenated alkanes) is 9. The summed E-state index contributed by atoms with van der Waals surface area (Å²) < 4.78 is 22.0. The molecule has 0 saturated carbocycles. The second-order valence-corrected chi connectivity index (χ2v) is 15.5. The first kappa shape index (κ1) is 50.6. The monoisotopic (exact) mass is 776 g/mol. The van der Waals surface area contributed by atoms with Gasteiger partial charge in [0.25, 0.3) is 0 Å². The maximum atomic E-state index is 12.8. The lowest BCUT2D eigenvalue weighted by Gasteiger charge is -2.24. The number of aliphatic carboxylic acids is 1. The fourth-order valence-corrected chi connectivity index (χ4v) is 6.03. The standard InChI is InChI=1S/C39H73N3O10S/c1-5-6-7-8-11-14-31-53-32-15-12-9-10-13-18-36(45)42-33(38(48)52-39(2,3)4)19-20-34(43)40-23-16-25-49-27-29-51-30-28-50-26-17-24-41-35(44)21-22-37(46)47/h33H,5-32H2,1-4H3,(H,40,43)(H,41,44)(H,42,45)(H,46,47). The van der Waals surface area contributed by atoms with Crippen molar-refractivity contribution in [2.75, 3.05) is 64.2 Å². The van der Waals surface area contributed by atoms with E-state index in [1.807, 2.05) is 0 Å². The van der Waals surface area contributed by atoms with Gasteiger partial charge in [0.15, 0.2) is 0 Å². The van der Waals surface area contributed by atoms with Gasteiger partial charge in [0.2, 0.25) is 17.7 Å². The molecule has 0 aliphatic heterocycles. The highest BCUT2D eigenvalue weighted by Gasteiger charge is 2.27. The van der Waals surface area contributed by atoms with E-state index in [0.717, 1.165) is 19.3 Å². The van der Waals surface area contributed by atoms with E-state index in [1.165, 1.54) is 62.9 Å². The Kier molecular flexibility index (Phi) is 33.7. The van der Waals surface area contributed by atoms with Gasteiger partial charge in [-0.3, -0.25) is 19.2 Å². The average Bonchev–Trinajstić information content (AvgIpc) is 3.10. The van der Waals surface area contributed by atoms with Gasteiger partial charge in [0.05, 0.1) is 32.8 Å². The topological polar surface area (TPSA) is 179 Å². The summed E-state index contributed by atoms with van der Waals surface area (Å²) in [7, 11) is 0. The Morgan fingerprint density at radius 3 is 1.60 bits per heavy atom. The molecule has 0 saturated heterocycles. The third-order valence-electron chi connectivity index (χ3n) is 7.91. The van der Waals surface area contributed by atoms with Crippen molar-refractivity contribution in [2.24, 2.45) is 0 Å². The normalized spacial score (nSPS) is 11.9. The van der Waals surface area contributed by atoms with Crippen LogP contribution in [0.2, 0.25) is 0 Å². The highest BCUT2D eigenvalue weighted by Crippen LogP contribution is 2.14. The Labute approximate surface area is 323 Å². The van der Waals surface area contributed by atoms with Crippen molar-refractivity contribution < 1.29 is 48.0 Å². The molecule has 0 fully saturated rings. The van der Waals surface area contributed by atoms with Crippen LogP contribution in [0, 0.1) is 0 Å². The van der Waals surface area contributed by atoms with Gasteiger partial charge < -0.3 is 40.0 Å². The number of hydrogen-bond donors (Lipinski definition) is 4. The van der Waals surface area contributed by atoms with Crippen molar-refractivity contribution in [3.8, 4) is 0 Å². The van der Waals surface area contributed by atoms with E-state index in [9.17, 15) is 24.0 Å². The smallest absolute Gasteiger partial charge is 0.329 e. The number of carbonyl (C=O) groups excluding carboxylic acids is 4. The van der Waals surface area contributed by atoms with E-state index >= 15 is 0 Å². The number of carboxylic acid groups (broad SMARTS) is 1. The number of carboxylic acids is 1. The summed E-state index contributed by atoms with van der Waals surface area (Å²) >= 11 is 2.06. The number of carbonyl (C=O) groups is 5. The van der Waals surface area contributed by atoms with Crippen LogP contribution in [0.3, 0.4) is 0 Å². The largest absolute Gasteiger partial charge is 0.481 e. The molecule has 0 aliphatic rings. The van der Waals surface area contributed by atoms with Gasteiger partial charge in [-0.25, -0.2) is 4.79 Å². The molecule has 53 heavy (non-hydrogen) atoms. The van der Waals surface area contributed by atoms with Gasteiger partial charge in [0, 0.05) is 45.6 Å². The lowest BCUT2D eigenvalue weighted by atomic mass is 10.1. The summed E-state index contributed by atoms with van der Waals surface area (Å²) in [5.74, 6) is 0.251. The first-order valence-corrected chi connectivity index (χ1v) is 21.2. The number of ether oxygens (including phenoxy) is 4. The van der Waals surface area contributed by atoms with Crippen molar-refractivity contribution in [3.05, 3.63) is 0 Å². The average molecular weight is 776 g/mol. The zero-order chi connectivity index (χ0) is 39.4. The number of thioether (sulfide) groups is 1. The van der Waals surface area contributed by atoms with Crippen LogP contribution in [0.25, 0.3) is 0 Å². The molecule has 0 bridgehead atoms. The summed E-state index contributed by atoms with van der Waals surface area (Å²) in [6.07, 6.45) is 14.9. The first-order valence-electron chi connectivity index (χ1n) is 20.0. The number of rotatable bonds is 37. The van der Waals surface area contributed by atoms with E-state index in [2.05, 4.69) is 34.6 Å². The molecule has 13 nitrogen and oxygen atoms in total. The molecular formula is C39H73N3O10S. The molecule has 0 rings (SSSR count). The van der Waals surface area contributed by atoms with Gasteiger partial charge in [-0.05, 0) is 70.8 Å². The summed E-state index contributed by atoms with van der Waals surface area (Å²) in [6.45, 7) is 11.0. The van der Waals surface area contributed by atoms with E-state index in [0.29, 0.717) is 72.0 Å². The summed E-state index contributed by atoms with van der Waals surface area (Å²) in [5, 5.41) is 16.9. The molecule has 0 heterocycles. The molecule has 1 unspecified atom stereocenters. The maximum Gasteiger partial charge on any atom is 0.329 e. The van der Waals surface area contributed by atoms with E-state index in [4.69, 9.17) is 24.1 Å². The Morgan fingerprint density at radius 1 is 0.585 bits per heavy atom. The fraction of sp³-hybridized carbons (Fsp3) is 0.872. The second-order valence-electron chi connectivity index (χ2n) is 14.2. The number of hydrogen-bond acceptors (Lipinski definition) is 10. The third-order valence-corrected chi connectivity index (χ3v) is 9.06. The Bertz CT molecular complexity index is 964. The first-order chi connectivity index (χ1) is 25.4. The van der Waals surface area contributed by atoms with Gasteiger partial charge in [-0.1, -0.05) is 58.3 Å². The minimum absolute atomic E-state index is 0.0280. The van der Waals surface area contributed by atoms with Crippen molar-refractivity contribution >= 4 is 41.4 Å². The molecule has 0 aromatic rings. The minimum atomic E-state index is -0.995. The van der Waals surface area contributed by atoms with Crippen LogP contribution in [-0.2, 0) is 42.9 Å². The molecule has 0 spiro atoms. The number of nitrogens with one attached hydrogen (secondary N) is 3. The molecular weight excluding hydrogens is 703 g/mol. The summed E-state index contributed by atoms with van der Waals surface area (Å²) in [6, 6.07) is -0.880. The molecule has 0 aromatic heterocycles. The molecule has 1 atom stereocenters. The van der Waals surface area contributed by atoms with Crippen LogP contribution >= 0.6 is 11.8 Å². The van der Waals surface area contributed by atoms with Gasteiger partial charge >= 0.3 is 11.9 Å². The Balaban J connectivity index is 3.97. The third kappa shape index (κ3) is 37.7. The lowest BCUT2D eigenvalue weighted by molar-refractivity contribution is -0.159. The molecule has 3 amide bonds. The van der Waals surface area contributed by atoms with Crippen molar-refractivity contribution in [1.82, 2.24) is 16.0 Å². The fourth-order valence-electron chi connectivity index (χ4n) is 5.01. The second kappa shape index (κ2) is 35.3. The van der Waals surface area contributed by atoms with E-state index < -0.39 is 23.6 Å². The van der Waals surface area contributed by atoms with Crippen LogP contribution < -0.4 is 16.0 Å². The lowest BCUT2D eigenvalue weighted by Crippen LogP contribution is -2.44. The van der Waals surface area contributed by atoms with Crippen LogP contribution in [0.5, 0.6) is 0 Å². The van der Waals surface area contributed by atoms with E-state index in [1.54, 1.807) is 20.8 Å². The van der Waals surface area contributed by atoms with Crippen LogP contribution in [0.15, 0.2) is 0 Å². The molecule has 0 radical (unpaired) electrons. The Morgan fingerprint density at radius 2 is 1.08 bits per heavy atom. The van der Waals surface area contributed by atoms with E-state index in [-0.39, 0.29) is 43.4 Å². The predicted octanol–water partition coefficient (Wildman–Crippen LogP) is 5.95. The molecule has 310 valence electrons. The predicted molar refractivity (Wildman–Crippen MR) is 210 cm³/mol. The molecule has 14 heteroatoms. The van der Waals surface area contributed by atoms with Crippen molar-refractivity contribution in [3.63, 3.8) is 0 Å². The number of esters is 1. The van der Waals surface area contributed by atoms with Crippen molar-refractivity contribution in [2.45, 2.75) is 155 Å². The quantitative estimate of drug-likeness (QED) is 0.0433.